The Morgan fingerprint density at radius 2 is 2.12 bits per heavy atom. The normalized spacial score (nSPS) is 21.7. The van der Waals surface area contributed by atoms with Gasteiger partial charge in [0.1, 0.15) is 11.7 Å². The van der Waals surface area contributed by atoms with E-state index < -0.39 is 0 Å². The van der Waals surface area contributed by atoms with Crippen LogP contribution in [0.4, 0.5) is 0 Å². The number of rotatable bonds is 1. The molecule has 1 atom stereocenters. The van der Waals surface area contributed by atoms with Crippen molar-refractivity contribution < 1.29 is 9.59 Å². The minimum Gasteiger partial charge on any atom is -0.353 e. The molecule has 1 aromatic heterocycles. The molecule has 0 radical (unpaired) electrons. The van der Waals surface area contributed by atoms with Crippen molar-refractivity contribution in [2.45, 2.75) is 6.04 Å². The van der Waals surface area contributed by atoms with Crippen molar-refractivity contribution in [2.75, 3.05) is 32.7 Å². The molecule has 1 N–H and O–H groups in total. The second-order valence-electron chi connectivity index (χ2n) is 6.36. The molecule has 24 heavy (non-hydrogen) atoms. The number of nitrogens with zero attached hydrogens (tertiary/aromatic N) is 3. The molecule has 2 fully saturated rings. The molecule has 126 valence electrons. The molecule has 2 saturated heterocycles. The van der Waals surface area contributed by atoms with Gasteiger partial charge in [-0.25, -0.2) is 0 Å². The maximum absolute atomic E-state index is 13.0. The van der Waals surface area contributed by atoms with Gasteiger partial charge in [0.2, 0.25) is 5.91 Å². The van der Waals surface area contributed by atoms with E-state index in [1.807, 2.05) is 35.9 Å². The second kappa shape index (κ2) is 5.79. The van der Waals surface area contributed by atoms with Crippen LogP contribution in [0.5, 0.6) is 0 Å². The van der Waals surface area contributed by atoms with E-state index in [-0.39, 0.29) is 17.9 Å². The summed E-state index contributed by atoms with van der Waals surface area (Å²) < 4.78 is 1.87. The minimum absolute atomic E-state index is 0.0128. The summed E-state index contributed by atoms with van der Waals surface area (Å²) in [4.78, 5) is 29.0. The Morgan fingerprint density at radius 3 is 2.92 bits per heavy atom. The Kier molecular flexibility index (Phi) is 3.73. The van der Waals surface area contributed by atoms with Crippen molar-refractivity contribution >= 4 is 34.3 Å². The Labute approximate surface area is 145 Å². The van der Waals surface area contributed by atoms with Gasteiger partial charge in [-0.3, -0.25) is 14.5 Å². The summed E-state index contributed by atoms with van der Waals surface area (Å²) in [7, 11) is 1.87. The van der Waals surface area contributed by atoms with E-state index in [9.17, 15) is 9.59 Å². The summed E-state index contributed by atoms with van der Waals surface area (Å²) in [6, 6.07) is 7.25. The summed E-state index contributed by atoms with van der Waals surface area (Å²) >= 11 is 6.25. The number of hydrogen-bond acceptors (Lipinski definition) is 3. The zero-order valence-corrected chi connectivity index (χ0v) is 14.2. The first-order valence-electron chi connectivity index (χ1n) is 8.11. The van der Waals surface area contributed by atoms with Crippen molar-refractivity contribution in [3.05, 3.63) is 35.0 Å². The van der Waals surface area contributed by atoms with Gasteiger partial charge in [0.15, 0.2) is 0 Å². The molecule has 3 heterocycles. The van der Waals surface area contributed by atoms with Crippen LogP contribution in [0.3, 0.4) is 0 Å². The molecule has 6 nitrogen and oxygen atoms in total. The van der Waals surface area contributed by atoms with Gasteiger partial charge in [0, 0.05) is 55.7 Å². The molecule has 1 aromatic carbocycles. The lowest BCUT2D eigenvalue weighted by Crippen LogP contribution is -2.64. The fraction of sp³-hybridized carbons (Fsp3) is 0.412. The van der Waals surface area contributed by atoms with Crippen molar-refractivity contribution in [3.8, 4) is 0 Å². The summed E-state index contributed by atoms with van der Waals surface area (Å²) in [6.45, 7) is 3.33. The summed E-state index contributed by atoms with van der Waals surface area (Å²) in [6.07, 6.45) is 0. The first kappa shape index (κ1) is 15.5. The maximum Gasteiger partial charge on any atom is 0.270 e. The number of piperazine rings is 2. The van der Waals surface area contributed by atoms with Gasteiger partial charge in [-0.2, -0.15) is 0 Å². The van der Waals surface area contributed by atoms with Crippen LogP contribution in [0, 0.1) is 0 Å². The van der Waals surface area contributed by atoms with Crippen LogP contribution in [0.15, 0.2) is 24.3 Å². The van der Waals surface area contributed by atoms with Gasteiger partial charge in [0.05, 0.1) is 0 Å². The Bertz CT molecular complexity index is 831. The average molecular weight is 347 g/mol. The van der Waals surface area contributed by atoms with Crippen LogP contribution in [-0.4, -0.2) is 64.9 Å². The number of fused-ring (bicyclic) bond motifs is 2. The van der Waals surface area contributed by atoms with Gasteiger partial charge in [-0.05, 0) is 18.2 Å². The Hall–Kier alpha value is -2.05. The number of hydrogen-bond donors (Lipinski definition) is 1. The van der Waals surface area contributed by atoms with Gasteiger partial charge in [-0.1, -0.05) is 17.7 Å². The molecule has 7 heteroatoms. The monoisotopic (exact) mass is 346 g/mol. The fourth-order valence-corrected chi connectivity index (χ4v) is 3.88. The standard InChI is InChI=1S/C17H19ClN4O2/c1-20-13-4-2-3-12(18)11(13)9-14(20)17(24)22-8-7-21-6-5-19-16(23)15(21)10-22/h2-4,9,15H,5-8,10H2,1H3,(H,19,23)/t15-/m0/s1. The Morgan fingerprint density at radius 1 is 1.29 bits per heavy atom. The molecule has 0 unspecified atom stereocenters. The van der Waals surface area contributed by atoms with E-state index >= 15 is 0 Å². The van der Waals surface area contributed by atoms with Crippen molar-refractivity contribution in [1.82, 2.24) is 19.7 Å². The highest BCUT2D eigenvalue weighted by Crippen LogP contribution is 2.27. The number of benzene rings is 1. The maximum atomic E-state index is 13.0. The lowest BCUT2D eigenvalue weighted by Gasteiger charge is -2.42. The number of carbonyl (C=O) groups excluding carboxylic acids is 2. The van der Waals surface area contributed by atoms with Crippen LogP contribution in [-0.2, 0) is 11.8 Å². The first-order valence-corrected chi connectivity index (χ1v) is 8.49. The molecule has 0 bridgehead atoms. The quantitative estimate of drug-likeness (QED) is 0.841. The van der Waals surface area contributed by atoms with Crippen LogP contribution < -0.4 is 5.32 Å². The zero-order chi connectivity index (χ0) is 16.8. The van der Waals surface area contributed by atoms with E-state index in [1.54, 1.807) is 4.90 Å². The number of nitrogens with one attached hydrogen (secondary N) is 1. The van der Waals surface area contributed by atoms with Crippen molar-refractivity contribution in [2.24, 2.45) is 7.05 Å². The molecular formula is C17H19ClN4O2. The van der Waals surface area contributed by atoms with Crippen LogP contribution in [0.1, 0.15) is 10.5 Å². The predicted molar refractivity (Wildman–Crippen MR) is 92.2 cm³/mol. The third kappa shape index (κ3) is 2.37. The minimum atomic E-state index is -0.241. The van der Waals surface area contributed by atoms with Crippen LogP contribution >= 0.6 is 11.6 Å². The van der Waals surface area contributed by atoms with Gasteiger partial charge >= 0.3 is 0 Å². The largest absolute Gasteiger partial charge is 0.353 e. The third-order valence-corrected chi connectivity index (χ3v) is 5.36. The predicted octanol–water partition coefficient (Wildman–Crippen LogP) is 1.09. The summed E-state index contributed by atoms with van der Waals surface area (Å²) in [5, 5.41) is 4.39. The number of halogens is 1. The molecule has 0 aliphatic carbocycles. The van der Waals surface area contributed by atoms with E-state index in [0.717, 1.165) is 24.0 Å². The second-order valence-corrected chi connectivity index (χ2v) is 6.76. The van der Waals surface area contributed by atoms with Crippen molar-refractivity contribution in [1.29, 1.82) is 0 Å². The highest BCUT2D eigenvalue weighted by molar-refractivity contribution is 6.35. The van der Waals surface area contributed by atoms with E-state index in [1.165, 1.54) is 0 Å². The number of carbonyl (C=O) groups is 2. The highest BCUT2D eigenvalue weighted by atomic mass is 35.5. The number of amides is 2. The number of aromatic nitrogens is 1. The lowest BCUT2D eigenvalue weighted by molar-refractivity contribution is -0.131. The van der Waals surface area contributed by atoms with E-state index in [4.69, 9.17) is 11.6 Å². The van der Waals surface area contributed by atoms with Crippen LogP contribution in [0.25, 0.3) is 10.9 Å². The van der Waals surface area contributed by atoms with Crippen LogP contribution in [0.2, 0.25) is 5.02 Å². The molecule has 0 saturated carbocycles. The molecule has 2 aliphatic rings. The molecular weight excluding hydrogens is 328 g/mol. The molecule has 2 aromatic rings. The highest BCUT2D eigenvalue weighted by Gasteiger charge is 2.37. The zero-order valence-electron chi connectivity index (χ0n) is 13.5. The summed E-state index contributed by atoms with van der Waals surface area (Å²) in [5.41, 5.74) is 1.53. The van der Waals surface area contributed by atoms with Gasteiger partial charge < -0.3 is 14.8 Å². The van der Waals surface area contributed by atoms with Gasteiger partial charge in [0.25, 0.3) is 5.91 Å². The number of aryl methyl sites for hydroxylation is 1. The van der Waals surface area contributed by atoms with E-state index in [2.05, 4.69) is 10.2 Å². The third-order valence-electron chi connectivity index (χ3n) is 5.03. The smallest absolute Gasteiger partial charge is 0.270 e. The van der Waals surface area contributed by atoms with E-state index in [0.29, 0.717) is 30.4 Å². The molecule has 2 aliphatic heterocycles. The lowest BCUT2D eigenvalue weighted by atomic mass is 10.1. The topological polar surface area (TPSA) is 57.6 Å². The SMILES string of the molecule is Cn1c(C(=O)N2CCN3CCNC(=O)[C@@H]3C2)cc2c(Cl)cccc21. The fourth-order valence-electron chi connectivity index (χ4n) is 3.65. The molecule has 4 rings (SSSR count). The summed E-state index contributed by atoms with van der Waals surface area (Å²) in [5.74, 6) is -0.0402. The van der Waals surface area contributed by atoms with Gasteiger partial charge in [-0.15, -0.1) is 0 Å². The van der Waals surface area contributed by atoms with Crippen molar-refractivity contribution in [3.63, 3.8) is 0 Å². The Balaban J connectivity index is 1.63. The molecule has 0 spiro atoms. The first-order chi connectivity index (χ1) is 11.6. The average Bonchev–Trinajstić information content (AvgIpc) is 2.93. The molecule has 2 amide bonds.